The predicted molar refractivity (Wildman–Crippen MR) is 42.8 cm³/mol. The SMILES string of the molecule is O=CCc1cccc(F)c1[N+](=O)[O-]. The van der Waals surface area contributed by atoms with Crippen molar-refractivity contribution in [1.82, 2.24) is 0 Å². The van der Waals surface area contributed by atoms with Crippen LogP contribution in [0.1, 0.15) is 5.56 Å². The monoisotopic (exact) mass is 183 g/mol. The van der Waals surface area contributed by atoms with Gasteiger partial charge in [-0.3, -0.25) is 10.1 Å². The van der Waals surface area contributed by atoms with E-state index >= 15 is 0 Å². The van der Waals surface area contributed by atoms with E-state index in [0.29, 0.717) is 6.29 Å². The molecule has 13 heavy (non-hydrogen) atoms. The van der Waals surface area contributed by atoms with E-state index in [0.717, 1.165) is 6.07 Å². The van der Waals surface area contributed by atoms with Gasteiger partial charge in [0.1, 0.15) is 6.29 Å². The van der Waals surface area contributed by atoms with Gasteiger partial charge >= 0.3 is 5.69 Å². The van der Waals surface area contributed by atoms with Crippen LogP contribution in [0.2, 0.25) is 0 Å². The fourth-order valence-electron chi connectivity index (χ4n) is 1.02. The van der Waals surface area contributed by atoms with Gasteiger partial charge in [0.25, 0.3) is 0 Å². The molecule has 0 aliphatic heterocycles. The second kappa shape index (κ2) is 3.75. The summed E-state index contributed by atoms with van der Waals surface area (Å²) < 4.78 is 12.9. The molecule has 4 nitrogen and oxygen atoms in total. The van der Waals surface area contributed by atoms with Crippen LogP contribution in [0.15, 0.2) is 18.2 Å². The quantitative estimate of drug-likeness (QED) is 0.405. The summed E-state index contributed by atoms with van der Waals surface area (Å²) in [6.07, 6.45) is 0.357. The molecule has 68 valence electrons. The van der Waals surface area contributed by atoms with Crippen molar-refractivity contribution in [2.45, 2.75) is 6.42 Å². The van der Waals surface area contributed by atoms with Gasteiger partial charge < -0.3 is 4.79 Å². The van der Waals surface area contributed by atoms with E-state index < -0.39 is 16.4 Å². The first-order valence-corrected chi connectivity index (χ1v) is 3.52. The first kappa shape index (κ1) is 9.31. The largest absolute Gasteiger partial charge is 0.308 e. The van der Waals surface area contributed by atoms with E-state index in [1.165, 1.54) is 12.1 Å². The summed E-state index contributed by atoms with van der Waals surface area (Å²) in [6, 6.07) is 3.68. The van der Waals surface area contributed by atoms with Crippen molar-refractivity contribution in [3.63, 3.8) is 0 Å². The van der Waals surface area contributed by atoms with Crippen molar-refractivity contribution in [2.75, 3.05) is 0 Å². The summed E-state index contributed by atoms with van der Waals surface area (Å²) in [5.41, 5.74) is -0.519. The standard InChI is InChI=1S/C8H6FNO3/c9-7-3-1-2-6(4-5-11)8(7)10(12)13/h1-3,5H,4H2. The number of hydrogen-bond acceptors (Lipinski definition) is 3. The number of carbonyl (C=O) groups excluding carboxylic acids is 1. The van der Waals surface area contributed by atoms with Crippen LogP contribution in [0, 0.1) is 15.9 Å². The molecule has 5 heteroatoms. The first-order chi connectivity index (χ1) is 6.16. The van der Waals surface area contributed by atoms with Gasteiger partial charge in [-0.15, -0.1) is 0 Å². The van der Waals surface area contributed by atoms with E-state index in [9.17, 15) is 19.3 Å². The number of aldehydes is 1. The Bertz CT molecular complexity index is 351. The van der Waals surface area contributed by atoms with Gasteiger partial charge in [0.05, 0.1) is 4.92 Å². The Kier molecular flexibility index (Phi) is 2.69. The highest BCUT2D eigenvalue weighted by molar-refractivity contribution is 5.59. The highest BCUT2D eigenvalue weighted by atomic mass is 19.1. The molecular weight excluding hydrogens is 177 g/mol. The lowest BCUT2D eigenvalue weighted by molar-refractivity contribution is -0.388. The Labute approximate surface area is 73.1 Å². The van der Waals surface area contributed by atoms with Gasteiger partial charge in [-0.1, -0.05) is 12.1 Å². The Hall–Kier alpha value is -1.78. The smallest absolute Gasteiger partial charge is 0.303 e. The van der Waals surface area contributed by atoms with Crippen LogP contribution < -0.4 is 0 Å². The van der Waals surface area contributed by atoms with Crippen LogP contribution in [0.5, 0.6) is 0 Å². The highest BCUT2D eigenvalue weighted by Crippen LogP contribution is 2.21. The second-order valence-corrected chi connectivity index (χ2v) is 2.38. The number of nitro benzene ring substituents is 1. The predicted octanol–water partition coefficient (Wildman–Crippen LogP) is 1.48. The Balaban J connectivity index is 3.25. The van der Waals surface area contributed by atoms with Crippen LogP contribution in [0.25, 0.3) is 0 Å². The molecule has 0 saturated carbocycles. The molecule has 0 aliphatic carbocycles. The van der Waals surface area contributed by atoms with E-state index in [1.54, 1.807) is 0 Å². The normalized spacial score (nSPS) is 9.62. The van der Waals surface area contributed by atoms with Crippen LogP contribution in [-0.2, 0) is 11.2 Å². The van der Waals surface area contributed by atoms with Crippen molar-refractivity contribution in [3.05, 3.63) is 39.7 Å². The molecule has 0 heterocycles. The van der Waals surface area contributed by atoms with Crippen LogP contribution in [0.4, 0.5) is 10.1 Å². The van der Waals surface area contributed by atoms with Crippen molar-refractivity contribution in [1.29, 1.82) is 0 Å². The van der Waals surface area contributed by atoms with E-state index in [2.05, 4.69) is 0 Å². The van der Waals surface area contributed by atoms with Crippen molar-refractivity contribution in [3.8, 4) is 0 Å². The van der Waals surface area contributed by atoms with Gasteiger partial charge in [0.2, 0.25) is 5.82 Å². The van der Waals surface area contributed by atoms with Gasteiger partial charge in [-0.05, 0) is 6.07 Å². The van der Waals surface area contributed by atoms with E-state index in [1.807, 2.05) is 0 Å². The molecular formula is C8H6FNO3. The van der Waals surface area contributed by atoms with Gasteiger partial charge in [0.15, 0.2) is 0 Å². The number of hydrogen-bond donors (Lipinski definition) is 0. The van der Waals surface area contributed by atoms with E-state index in [-0.39, 0.29) is 12.0 Å². The lowest BCUT2D eigenvalue weighted by Gasteiger charge is -1.98. The highest BCUT2D eigenvalue weighted by Gasteiger charge is 2.18. The van der Waals surface area contributed by atoms with Crippen molar-refractivity contribution >= 4 is 12.0 Å². The molecule has 0 atom stereocenters. The molecule has 0 fully saturated rings. The zero-order valence-electron chi connectivity index (χ0n) is 6.57. The number of benzene rings is 1. The molecule has 0 saturated heterocycles. The molecule has 0 amide bonds. The summed E-state index contributed by atoms with van der Waals surface area (Å²) in [7, 11) is 0. The van der Waals surface area contributed by atoms with Crippen LogP contribution >= 0.6 is 0 Å². The summed E-state index contributed by atoms with van der Waals surface area (Å²) in [5.74, 6) is -0.913. The summed E-state index contributed by atoms with van der Waals surface area (Å²) >= 11 is 0. The molecule has 0 aromatic heterocycles. The Morgan fingerprint density at radius 3 is 2.77 bits per heavy atom. The molecule has 1 rings (SSSR count). The molecule has 0 spiro atoms. The molecule has 0 aliphatic rings. The lowest BCUT2D eigenvalue weighted by atomic mass is 10.1. The first-order valence-electron chi connectivity index (χ1n) is 3.52. The third-order valence-electron chi connectivity index (χ3n) is 1.56. The average Bonchev–Trinajstić information content (AvgIpc) is 2.04. The van der Waals surface area contributed by atoms with Crippen LogP contribution in [-0.4, -0.2) is 11.2 Å². The maximum atomic E-state index is 12.9. The summed E-state index contributed by atoms with van der Waals surface area (Å²) in [6.45, 7) is 0. The third kappa shape index (κ3) is 1.87. The number of carbonyl (C=O) groups is 1. The zero-order valence-corrected chi connectivity index (χ0v) is 6.57. The summed E-state index contributed by atoms with van der Waals surface area (Å²) in [4.78, 5) is 19.7. The second-order valence-electron chi connectivity index (χ2n) is 2.38. The number of nitro groups is 1. The molecule has 0 bridgehead atoms. The topological polar surface area (TPSA) is 60.2 Å². The zero-order chi connectivity index (χ0) is 9.84. The number of nitrogens with zero attached hydrogens (tertiary/aromatic N) is 1. The number of halogens is 1. The molecule has 1 aromatic carbocycles. The minimum atomic E-state index is -0.913. The number of rotatable bonds is 3. The average molecular weight is 183 g/mol. The van der Waals surface area contributed by atoms with Crippen molar-refractivity contribution < 1.29 is 14.1 Å². The maximum absolute atomic E-state index is 12.9. The Morgan fingerprint density at radius 1 is 1.54 bits per heavy atom. The Morgan fingerprint density at radius 2 is 2.23 bits per heavy atom. The van der Waals surface area contributed by atoms with Crippen LogP contribution in [0.3, 0.4) is 0 Å². The van der Waals surface area contributed by atoms with Gasteiger partial charge in [-0.2, -0.15) is 4.39 Å². The van der Waals surface area contributed by atoms with E-state index in [4.69, 9.17) is 0 Å². The minimum Gasteiger partial charge on any atom is -0.303 e. The van der Waals surface area contributed by atoms with Gasteiger partial charge in [-0.25, -0.2) is 0 Å². The third-order valence-corrected chi connectivity index (χ3v) is 1.56. The maximum Gasteiger partial charge on any atom is 0.308 e. The molecule has 0 N–H and O–H groups in total. The fourth-order valence-corrected chi connectivity index (χ4v) is 1.02. The minimum absolute atomic E-state index is 0.0972. The molecule has 0 unspecified atom stereocenters. The number of para-hydroxylation sites is 1. The molecule has 1 aromatic rings. The van der Waals surface area contributed by atoms with Crippen molar-refractivity contribution in [2.24, 2.45) is 0 Å². The lowest BCUT2D eigenvalue weighted by Crippen LogP contribution is -1.99. The van der Waals surface area contributed by atoms with Gasteiger partial charge in [0, 0.05) is 12.0 Å². The molecule has 0 radical (unpaired) electrons. The summed E-state index contributed by atoms with van der Waals surface area (Å²) in [5, 5.41) is 10.4. The fraction of sp³-hybridized carbons (Fsp3) is 0.125.